The fourth-order valence-electron chi connectivity index (χ4n) is 7.65. The minimum absolute atomic E-state index is 0.0257. The zero-order valence-electron chi connectivity index (χ0n) is 21.2. The van der Waals surface area contributed by atoms with Gasteiger partial charge in [-0.1, -0.05) is 27.7 Å². The minimum atomic E-state index is -1.99. The van der Waals surface area contributed by atoms with Crippen molar-refractivity contribution in [1.82, 2.24) is 5.32 Å². The number of methoxy groups -OCH3 is 1. The van der Waals surface area contributed by atoms with Crippen LogP contribution in [0.3, 0.4) is 0 Å². The summed E-state index contributed by atoms with van der Waals surface area (Å²) in [7, 11) is 1.42. The zero-order chi connectivity index (χ0) is 26.4. The molecule has 0 bridgehead atoms. The number of aliphatic hydroxyl groups excluding tert-OH is 1. The van der Waals surface area contributed by atoms with Crippen molar-refractivity contribution in [1.29, 1.82) is 0 Å². The molecule has 1 unspecified atom stereocenters. The molecule has 3 aliphatic carbocycles. The van der Waals surface area contributed by atoms with Crippen LogP contribution in [0.2, 0.25) is 0 Å². The standard InChI is InChI=1S/C26H33NO9/c1-6-11(2)21(31)35-13-9-24(3)12(7-8-14(24)28)16-17(13)25(4)15(10-34-5)36-22(32)18-20(30)27-23(33)26(18,25)19(16)29/h11-13,15,18,20,30H,6-10H2,1-5H3,(H,27,33)/t11?,12-,13+,15+,18-,20+,24-,25+,26-/m0/s1. The van der Waals surface area contributed by atoms with E-state index in [0.29, 0.717) is 18.4 Å². The first-order valence-electron chi connectivity index (χ1n) is 12.6. The highest BCUT2D eigenvalue weighted by Gasteiger charge is 2.82. The number of carbonyl (C=O) groups excluding carboxylic acids is 5. The normalized spacial score (nSPS) is 43.9. The van der Waals surface area contributed by atoms with Gasteiger partial charge in [-0.15, -0.1) is 0 Å². The molecule has 9 atom stereocenters. The number of hydrogen-bond donors (Lipinski definition) is 2. The van der Waals surface area contributed by atoms with Crippen molar-refractivity contribution < 1.29 is 43.3 Å². The third-order valence-electron chi connectivity index (χ3n) is 9.78. The number of nitrogens with one attached hydrogen (secondary N) is 1. The molecule has 1 saturated carbocycles. The van der Waals surface area contributed by atoms with Crippen molar-refractivity contribution in [2.75, 3.05) is 13.7 Å². The van der Waals surface area contributed by atoms with Crippen molar-refractivity contribution >= 4 is 29.4 Å². The number of rotatable bonds is 5. The lowest BCUT2D eigenvalue weighted by molar-refractivity contribution is -0.205. The topological polar surface area (TPSA) is 145 Å². The van der Waals surface area contributed by atoms with E-state index in [9.17, 15) is 29.1 Å². The summed E-state index contributed by atoms with van der Waals surface area (Å²) < 4.78 is 17.1. The molecule has 0 aromatic heterocycles. The second kappa shape index (κ2) is 7.95. The van der Waals surface area contributed by atoms with Crippen molar-refractivity contribution in [2.24, 2.45) is 34.0 Å². The van der Waals surface area contributed by atoms with Gasteiger partial charge in [0.15, 0.2) is 5.78 Å². The van der Waals surface area contributed by atoms with Gasteiger partial charge < -0.3 is 24.6 Å². The van der Waals surface area contributed by atoms with Crippen LogP contribution in [0.1, 0.15) is 53.4 Å². The minimum Gasteiger partial charge on any atom is -0.459 e. The number of amides is 1. The number of ether oxygens (including phenoxy) is 3. The number of cyclic esters (lactones) is 1. The number of allylic oxidation sites excluding steroid dienone is 1. The Morgan fingerprint density at radius 1 is 1.25 bits per heavy atom. The Morgan fingerprint density at radius 3 is 2.58 bits per heavy atom. The number of fused-ring (bicyclic) bond motifs is 3. The second-order valence-electron chi connectivity index (χ2n) is 11.3. The van der Waals surface area contributed by atoms with Gasteiger partial charge in [-0.2, -0.15) is 0 Å². The Hall–Kier alpha value is -2.59. The van der Waals surface area contributed by atoms with Gasteiger partial charge in [-0.3, -0.25) is 24.0 Å². The van der Waals surface area contributed by atoms with Crippen molar-refractivity contribution in [2.45, 2.75) is 71.8 Å². The Morgan fingerprint density at radius 2 is 1.94 bits per heavy atom. The van der Waals surface area contributed by atoms with Gasteiger partial charge in [0.05, 0.1) is 17.9 Å². The predicted octanol–water partition coefficient (Wildman–Crippen LogP) is 0.842. The largest absolute Gasteiger partial charge is 0.459 e. The average molecular weight is 504 g/mol. The molecule has 2 aliphatic heterocycles. The lowest BCUT2D eigenvalue weighted by atomic mass is 9.53. The summed E-state index contributed by atoms with van der Waals surface area (Å²) in [4.78, 5) is 67.4. The Labute approximate surface area is 209 Å². The van der Waals surface area contributed by atoms with Crippen molar-refractivity contribution in [3.8, 4) is 0 Å². The number of ketones is 2. The Kier molecular flexibility index (Phi) is 5.54. The van der Waals surface area contributed by atoms with Crippen LogP contribution in [-0.4, -0.2) is 66.7 Å². The van der Waals surface area contributed by atoms with E-state index in [1.54, 1.807) is 20.8 Å². The monoisotopic (exact) mass is 503 g/mol. The van der Waals surface area contributed by atoms with Crippen LogP contribution in [0.4, 0.5) is 0 Å². The molecule has 3 fully saturated rings. The van der Waals surface area contributed by atoms with E-state index in [1.807, 2.05) is 6.92 Å². The Balaban J connectivity index is 1.78. The lowest BCUT2D eigenvalue weighted by Crippen LogP contribution is -2.65. The maximum atomic E-state index is 14.5. The van der Waals surface area contributed by atoms with Gasteiger partial charge in [0.2, 0.25) is 5.91 Å². The zero-order valence-corrected chi connectivity index (χ0v) is 21.2. The van der Waals surface area contributed by atoms with Gasteiger partial charge in [0.25, 0.3) is 0 Å². The number of Topliss-reactive ketones (excluding diaryl/α,β-unsaturated/α-hetero) is 2. The fraction of sp³-hybridized carbons (Fsp3) is 0.731. The first kappa shape index (κ1) is 25.1. The SMILES string of the molecule is CCC(C)C(=O)O[C@@H]1C[C@]2(C)C(=O)CC[C@H]2C2=C1[C@@]1(C)[C@@H](COC)OC(=O)[C@@H]3[C@@H](O)NC(=O)[C@@]31C2=O. The Bertz CT molecular complexity index is 1110. The molecular weight excluding hydrogens is 470 g/mol. The van der Waals surface area contributed by atoms with Crippen LogP contribution >= 0.6 is 0 Å². The van der Waals surface area contributed by atoms with Gasteiger partial charge in [-0.05, 0) is 18.4 Å². The number of carbonyl (C=O) groups is 5. The molecule has 2 saturated heterocycles. The number of hydrogen-bond acceptors (Lipinski definition) is 9. The van der Waals surface area contributed by atoms with Crippen molar-refractivity contribution in [3.05, 3.63) is 11.1 Å². The molecule has 5 aliphatic rings. The van der Waals surface area contributed by atoms with Gasteiger partial charge in [-0.25, -0.2) is 0 Å². The summed E-state index contributed by atoms with van der Waals surface area (Å²) in [5, 5.41) is 13.1. The van der Waals surface area contributed by atoms with Gasteiger partial charge in [0.1, 0.15) is 35.6 Å². The third kappa shape index (κ3) is 2.72. The highest BCUT2D eigenvalue weighted by Crippen LogP contribution is 2.70. The highest BCUT2D eigenvalue weighted by molar-refractivity contribution is 6.22. The van der Waals surface area contributed by atoms with Crippen LogP contribution in [-0.2, 0) is 38.2 Å². The summed E-state index contributed by atoms with van der Waals surface area (Å²) in [5.74, 6) is -5.11. The molecule has 2 heterocycles. The number of esters is 2. The van der Waals surface area contributed by atoms with Crippen LogP contribution in [0, 0.1) is 34.0 Å². The fourth-order valence-corrected chi connectivity index (χ4v) is 7.65. The lowest BCUT2D eigenvalue weighted by Gasteiger charge is -2.52. The smallest absolute Gasteiger partial charge is 0.315 e. The van der Waals surface area contributed by atoms with Crippen LogP contribution < -0.4 is 5.32 Å². The predicted molar refractivity (Wildman–Crippen MR) is 122 cm³/mol. The first-order valence-corrected chi connectivity index (χ1v) is 12.6. The molecule has 10 heteroatoms. The van der Waals surface area contributed by atoms with E-state index in [0.717, 1.165) is 0 Å². The second-order valence-corrected chi connectivity index (χ2v) is 11.3. The van der Waals surface area contributed by atoms with Crippen LogP contribution in [0.25, 0.3) is 0 Å². The quantitative estimate of drug-likeness (QED) is 0.412. The van der Waals surface area contributed by atoms with E-state index in [2.05, 4.69) is 5.32 Å². The van der Waals surface area contributed by atoms with Crippen LogP contribution in [0.15, 0.2) is 11.1 Å². The summed E-state index contributed by atoms with van der Waals surface area (Å²) in [6.07, 6.45) is -2.26. The molecule has 1 spiro atoms. The molecule has 10 nitrogen and oxygen atoms in total. The maximum Gasteiger partial charge on any atom is 0.315 e. The molecule has 0 radical (unpaired) electrons. The summed E-state index contributed by atoms with van der Waals surface area (Å²) in [5.41, 5.74) is -3.71. The van der Waals surface area contributed by atoms with Gasteiger partial charge >= 0.3 is 11.9 Å². The first-order chi connectivity index (χ1) is 16.9. The van der Waals surface area contributed by atoms with E-state index in [1.165, 1.54) is 7.11 Å². The average Bonchev–Trinajstić information content (AvgIpc) is 3.35. The molecule has 196 valence electrons. The number of aliphatic hydroxyl groups is 1. The summed E-state index contributed by atoms with van der Waals surface area (Å²) >= 11 is 0. The summed E-state index contributed by atoms with van der Waals surface area (Å²) in [6, 6.07) is 0. The van der Waals surface area contributed by atoms with Crippen LogP contribution in [0.5, 0.6) is 0 Å². The van der Waals surface area contributed by atoms with E-state index in [-0.39, 0.29) is 30.8 Å². The van der Waals surface area contributed by atoms with E-state index < -0.39 is 76.1 Å². The molecule has 0 aromatic carbocycles. The van der Waals surface area contributed by atoms with E-state index in [4.69, 9.17) is 14.2 Å². The highest BCUT2D eigenvalue weighted by atomic mass is 16.6. The molecule has 0 aromatic rings. The molecule has 36 heavy (non-hydrogen) atoms. The molecule has 1 amide bonds. The molecule has 5 rings (SSSR count). The maximum absolute atomic E-state index is 14.5. The van der Waals surface area contributed by atoms with Gasteiger partial charge in [0, 0.05) is 36.9 Å². The third-order valence-corrected chi connectivity index (χ3v) is 9.78. The van der Waals surface area contributed by atoms with E-state index >= 15 is 0 Å². The molecular formula is C26H33NO9. The van der Waals surface area contributed by atoms with Crippen molar-refractivity contribution in [3.63, 3.8) is 0 Å². The molecule has 2 N–H and O–H groups in total. The summed E-state index contributed by atoms with van der Waals surface area (Å²) in [6.45, 7) is 6.93.